The van der Waals surface area contributed by atoms with Gasteiger partial charge in [0.25, 0.3) is 0 Å². The standard InChI is InChI=1S/C21H23ClFNO2.C19H20F3NO2.ClH/c22-18-7-5-17(6-8-18)21(26)11-14-24(15-12-21)13-1-2-20(25)16-3-9-19(23)10-4-16;1-14(12-15-6-5-9-17(13-15)19(20,21)22)23-10-11-25-18(24)16-7-3-2-4-8-16;/h3-10,26H,1-2,11-15H2;2-9,13-14,23H,10-12H2,1H3;1H. The molecule has 1 fully saturated rings. The Morgan fingerprint density at radius 3 is 2.21 bits per heavy atom. The van der Waals surface area contributed by atoms with Crippen LogP contribution in [0.15, 0.2) is 103 Å². The van der Waals surface area contributed by atoms with Gasteiger partial charge in [-0.2, -0.15) is 13.2 Å². The first kappa shape index (κ1) is 42.6. The number of esters is 1. The fraction of sp³-hybridized carbons (Fsp3) is 0.350. The summed E-state index contributed by atoms with van der Waals surface area (Å²) in [5.74, 6) is -0.685. The van der Waals surface area contributed by atoms with Crippen LogP contribution in [0, 0.1) is 5.82 Å². The number of hydrogen-bond acceptors (Lipinski definition) is 6. The van der Waals surface area contributed by atoms with Crippen LogP contribution >= 0.6 is 24.0 Å². The van der Waals surface area contributed by atoms with Crippen LogP contribution in [0.2, 0.25) is 5.02 Å². The molecule has 12 heteroatoms. The Morgan fingerprint density at radius 1 is 0.923 bits per heavy atom. The number of carbonyl (C=O) groups is 2. The van der Waals surface area contributed by atoms with E-state index in [4.69, 9.17) is 16.3 Å². The van der Waals surface area contributed by atoms with E-state index in [1.165, 1.54) is 30.3 Å². The number of hydrogen-bond donors (Lipinski definition) is 2. The zero-order chi connectivity index (χ0) is 36.9. The molecule has 0 saturated carbocycles. The molecule has 4 aromatic rings. The topological polar surface area (TPSA) is 78.9 Å². The fourth-order valence-corrected chi connectivity index (χ4v) is 5.97. The summed E-state index contributed by atoms with van der Waals surface area (Å²) in [4.78, 5) is 26.2. The summed E-state index contributed by atoms with van der Waals surface area (Å²) in [5, 5.41) is 14.7. The van der Waals surface area contributed by atoms with E-state index in [-0.39, 0.29) is 36.7 Å². The Labute approximate surface area is 313 Å². The number of halogens is 6. The number of likely N-dealkylation sites (tertiary alicyclic amines) is 1. The Hall–Kier alpha value is -3.80. The van der Waals surface area contributed by atoms with E-state index in [0.717, 1.165) is 43.8 Å². The molecule has 1 atom stereocenters. The van der Waals surface area contributed by atoms with Crippen LogP contribution in [-0.2, 0) is 22.9 Å². The minimum atomic E-state index is -4.34. The fourth-order valence-electron chi connectivity index (χ4n) is 5.85. The van der Waals surface area contributed by atoms with Crippen molar-refractivity contribution in [3.05, 3.63) is 142 Å². The van der Waals surface area contributed by atoms with Crippen LogP contribution in [0.4, 0.5) is 17.6 Å². The second kappa shape index (κ2) is 20.4. The van der Waals surface area contributed by atoms with Gasteiger partial charge in [0.1, 0.15) is 12.4 Å². The molecule has 0 aromatic heterocycles. The van der Waals surface area contributed by atoms with Crippen LogP contribution in [0.3, 0.4) is 0 Å². The van der Waals surface area contributed by atoms with Gasteiger partial charge in [-0.1, -0.05) is 60.1 Å². The van der Waals surface area contributed by atoms with Crippen LogP contribution in [-0.4, -0.2) is 60.6 Å². The first-order valence-corrected chi connectivity index (χ1v) is 17.3. The molecule has 1 saturated heterocycles. The molecule has 0 radical (unpaired) electrons. The van der Waals surface area contributed by atoms with Gasteiger partial charge < -0.3 is 20.1 Å². The van der Waals surface area contributed by atoms with Crippen LogP contribution in [0.25, 0.3) is 0 Å². The number of alkyl halides is 3. The maximum absolute atomic E-state index is 12.9. The number of piperidine rings is 1. The van der Waals surface area contributed by atoms with Gasteiger partial charge in [-0.25, -0.2) is 9.18 Å². The molecule has 280 valence electrons. The molecule has 1 unspecified atom stereocenters. The Balaban J connectivity index is 0.000000275. The maximum atomic E-state index is 12.9. The smallest absolute Gasteiger partial charge is 0.416 e. The predicted molar refractivity (Wildman–Crippen MR) is 198 cm³/mol. The van der Waals surface area contributed by atoms with E-state index in [0.29, 0.717) is 53.9 Å². The minimum Gasteiger partial charge on any atom is -0.461 e. The highest BCUT2D eigenvalue weighted by atomic mass is 35.5. The van der Waals surface area contributed by atoms with Gasteiger partial charge in [0.2, 0.25) is 0 Å². The van der Waals surface area contributed by atoms with E-state index in [1.807, 2.05) is 37.3 Å². The van der Waals surface area contributed by atoms with Crippen molar-refractivity contribution < 1.29 is 37.0 Å². The lowest BCUT2D eigenvalue weighted by molar-refractivity contribution is -0.137. The SMILES string of the molecule is CC(Cc1cccc(C(F)(F)F)c1)NCCOC(=O)c1ccccc1.Cl.O=C(CCCN1CCC(O)(c2ccc(Cl)cc2)CC1)c1ccc(F)cc1. The number of ether oxygens (including phenoxy) is 1. The van der Waals surface area contributed by atoms with E-state index in [2.05, 4.69) is 10.2 Å². The number of carbonyl (C=O) groups excluding carboxylic acids is 2. The largest absolute Gasteiger partial charge is 0.461 e. The third kappa shape index (κ3) is 13.6. The molecule has 0 bridgehead atoms. The molecular weight excluding hydrogens is 719 g/mol. The van der Waals surface area contributed by atoms with E-state index in [9.17, 15) is 32.3 Å². The average Bonchev–Trinajstić information content (AvgIpc) is 3.12. The van der Waals surface area contributed by atoms with Crippen LogP contribution < -0.4 is 5.32 Å². The van der Waals surface area contributed by atoms with Crippen LogP contribution in [0.5, 0.6) is 0 Å². The van der Waals surface area contributed by atoms with Crippen molar-refractivity contribution in [2.24, 2.45) is 0 Å². The number of benzene rings is 4. The minimum absolute atomic E-state index is 0. The van der Waals surface area contributed by atoms with Gasteiger partial charge >= 0.3 is 12.1 Å². The lowest BCUT2D eigenvalue weighted by atomic mass is 9.84. The molecule has 4 aromatic carbocycles. The third-order valence-electron chi connectivity index (χ3n) is 8.74. The van der Waals surface area contributed by atoms with Gasteiger partial charge in [0.05, 0.1) is 16.7 Å². The molecule has 1 aliphatic rings. The van der Waals surface area contributed by atoms with Gasteiger partial charge in [0.15, 0.2) is 5.78 Å². The number of aliphatic hydroxyl groups is 1. The number of nitrogens with one attached hydrogen (secondary N) is 1. The molecule has 2 N–H and O–H groups in total. The Kier molecular flexibility index (Phi) is 16.8. The number of Topliss-reactive ketones (excluding diaryl/α,β-unsaturated/α-hetero) is 1. The number of rotatable bonds is 13. The highest BCUT2D eigenvalue weighted by molar-refractivity contribution is 6.30. The predicted octanol–water partition coefficient (Wildman–Crippen LogP) is 8.93. The second-order valence-corrected chi connectivity index (χ2v) is 13.1. The monoisotopic (exact) mass is 762 g/mol. The molecule has 5 rings (SSSR count). The summed E-state index contributed by atoms with van der Waals surface area (Å²) in [7, 11) is 0. The quantitative estimate of drug-likeness (QED) is 0.0613. The van der Waals surface area contributed by atoms with Crippen molar-refractivity contribution in [2.45, 2.75) is 56.8 Å². The summed E-state index contributed by atoms with van der Waals surface area (Å²) in [5.41, 5.74) is 1.12. The van der Waals surface area contributed by atoms with E-state index < -0.39 is 23.3 Å². The Bertz CT molecular complexity index is 1680. The molecule has 0 amide bonds. The summed E-state index contributed by atoms with van der Waals surface area (Å²) in [6.45, 7) is 4.91. The maximum Gasteiger partial charge on any atom is 0.416 e. The summed E-state index contributed by atoms with van der Waals surface area (Å²) in [6, 6.07) is 27.0. The molecule has 0 aliphatic carbocycles. The first-order valence-electron chi connectivity index (χ1n) is 16.9. The highest BCUT2D eigenvalue weighted by Crippen LogP contribution is 2.33. The van der Waals surface area contributed by atoms with Gasteiger partial charge in [-0.3, -0.25) is 4.79 Å². The lowest BCUT2D eigenvalue weighted by Crippen LogP contribution is -2.42. The van der Waals surface area contributed by atoms with Crippen molar-refractivity contribution in [3.8, 4) is 0 Å². The highest BCUT2D eigenvalue weighted by Gasteiger charge is 2.34. The molecule has 1 aliphatic heterocycles. The number of nitrogens with zero attached hydrogens (tertiary/aromatic N) is 1. The summed E-state index contributed by atoms with van der Waals surface area (Å²) in [6.07, 6.45) is -1.34. The van der Waals surface area contributed by atoms with Crippen molar-refractivity contribution in [1.82, 2.24) is 10.2 Å². The van der Waals surface area contributed by atoms with Crippen molar-refractivity contribution in [2.75, 3.05) is 32.8 Å². The molecule has 6 nitrogen and oxygen atoms in total. The number of ketones is 1. The van der Waals surface area contributed by atoms with Crippen molar-refractivity contribution in [1.29, 1.82) is 0 Å². The molecule has 0 spiro atoms. The average molecular weight is 764 g/mol. The zero-order valence-electron chi connectivity index (χ0n) is 28.9. The van der Waals surface area contributed by atoms with Gasteiger partial charge in [-0.05, 0) is 105 Å². The summed E-state index contributed by atoms with van der Waals surface area (Å²) >= 11 is 5.92. The Morgan fingerprint density at radius 2 is 1.58 bits per heavy atom. The van der Waals surface area contributed by atoms with Crippen molar-refractivity contribution in [3.63, 3.8) is 0 Å². The lowest BCUT2D eigenvalue weighted by Gasteiger charge is -2.38. The second-order valence-electron chi connectivity index (χ2n) is 12.7. The first-order chi connectivity index (χ1) is 24.3. The molecule has 1 heterocycles. The summed E-state index contributed by atoms with van der Waals surface area (Å²) < 4.78 is 56.2. The molecular formula is C40H44Cl2F4N2O4. The van der Waals surface area contributed by atoms with Crippen molar-refractivity contribution >= 4 is 35.8 Å². The van der Waals surface area contributed by atoms with E-state index >= 15 is 0 Å². The van der Waals surface area contributed by atoms with Crippen LogP contribution in [0.1, 0.15) is 70.0 Å². The third-order valence-corrected chi connectivity index (χ3v) is 8.99. The molecule has 52 heavy (non-hydrogen) atoms. The van der Waals surface area contributed by atoms with E-state index in [1.54, 1.807) is 30.3 Å². The van der Waals surface area contributed by atoms with Gasteiger partial charge in [0, 0.05) is 42.7 Å². The zero-order valence-corrected chi connectivity index (χ0v) is 30.5. The van der Waals surface area contributed by atoms with Gasteiger partial charge in [-0.15, -0.1) is 12.4 Å². The normalized spacial score (nSPS) is 14.7.